The lowest BCUT2D eigenvalue weighted by Crippen LogP contribution is -2.43. The first-order valence-electron chi connectivity index (χ1n) is 7.25. The number of nitrogens with one attached hydrogen (secondary N) is 1. The van der Waals surface area contributed by atoms with Crippen LogP contribution >= 0.6 is 0 Å². The van der Waals surface area contributed by atoms with E-state index in [9.17, 15) is 18.0 Å². The van der Waals surface area contributed by atoms with Gasteiger partial charge in [0.15, 0.2) is 9.84 Å². The molecular formula is C13H20N2O4S. The van der Waals surface area contributed by atoms with Gasteiger partial charge in [0.1, 0.15) is 0 Å². The van der Waals surface area contributed by atoms with Crippen molar-refractivity contribution in [3.05, 3.63) is 0 Å². The molecule has 2 unspecified atom stereocenters. The van der Waals surface area contributed by atoms with E-state index in [1.165, 1.54) is 0 Å². The van der Waals surface area contributed by atoms with Gasteiger partial charge in [-0.05, 0) is 25.7 Å². The predicted octanol–water partition coefficient (Wildman–Crippen LogP) is -0.309. The van der Waals surface area contributed by atoms with Gasteiger partial charge in [-0.1, -0.05) is 0 Å². The van der Waals surface area contributed by atoms with Crippen molar-refractivity contribution in [2.24, 2.45) is 5.92 Å². The average molecular weight is 300 g/mol. The van der Waals surface area contributed by atoms with E-state index in [-0.39, 0.29) is 41.7 Å². The van der Waals surface area contributed by atoms with E-state index in [1.54, 1.807) is 0 Å². The lowest BCUT2D eigenvalue weighted by Gasteiger charge is -2.34. The number of sulfone groups is 1. The Kier molecular flexibility index (Phi) is 3.48. The third kappa shape index (κ3) is 2.68. The topological polar surface area (TPSA) is 83.5 Å². The van der Waals surface area contributed by atoms with Crippen molar-refractivity contribution in [2.75, 3.05) is 18.1 Å². The van der Waals surface area contributed by atoms with Crippen LogP contribution in [0.2, 0.25) is 0 Å². The highest BCUT2D eigenvalue weighted by Crippen LogP contribution is 2.30. The molecule has 2 atom stereocenters. The lowest BCUT2D eigenvalue weighted by atomic mass is 9.92. The number of amides is 2. The monoisotopic (exact) mass is 300 g/mol. The van der Waals surface area contributed by atoms with Crippen LogP contribution in [-0.2, 0) is 19.4 Å². The molecule has 112 valence electrons. The maximum absolute atomic E-state index is 12.1. The molecule has 3 rings (SSSR count). The minimum Gasteiger partial charge on any atom is -0.352 e. The lowest BCUT2D eigenvalue weighted by molar-refractivity contribution is -0.131. The average Bonchev–Trinajstić information content (AvgIpc) is 2.81. The van der Waals surface area contributed by atoms with Crippen LogP contribution in [0.4, 0.5) is 0 Å². The van der Waals surface area contributed by atoms with Crippen LogP contribution in [0.3, 0.4) is 0 Å². The van der Waals surface area contributed by atoms with Crippen molar-refractivity contribution in [1.29, 1.82) is 0 Å². The Hall–Kier alpha value is -1.11. The summed E-state index contributed by atoms with van der Waals surface area (Å²) in [4.78, 5) is 25.9. The molecule has 7 heteroatoms. The van der Waals surface area contributed by atoms with Crippen LogP contribution in [0.15, 0.2) is 0 Å². The molecule has 3 aliphatic rings. The molecule has 0 spiro atoms. The van der Waals surface area contributed by atoms with Crippen LogP contribution in [0.5, 0.6) is 0 Å². The summed E-state index contributed by atoms with van der Waals surface area (Å²) in [5.74, 6) is -0.232. The summed E-state index contributed by atoms with van der Waals surface area (Å²) in [6, 6.07) is 0.0486. The summed E-state index contributed by atoms with van der Waals surface area (Å²) >= 11 is 0. The zero-order chi connectivity index (χ0) is 14.3. The van der Waals surface area contributed by atoms with Crippen LogP contribution in [0, 0.1) is 5.92 Å². The van der Waals surface area contributed by atoms with Gasteiger partial charge in [-0.15, -0.1) is 0 Å². The highest BCUT2D eigenvalue weighted by molar-refractivity contribution is 7.91. The highest BCUT2D eigenvalue weighted by Gasteiger charge is 2.40. The molecule has 2 amide bonds. The molecule has 0 bridgehead atoms. The van der Waals surface area contributed by atoms with Gasteiger partial charge in [0.25, 0.3) is 0 Å². The van der Waals surface area contributed by atoms with Gasteiger partial charge < -0.3 is 10.2 Å². The second kappa shape index (κ2) is 5.02. The highest BCUT2D eigenvalue weighted by atomic mass is 32.2. The smallest absolute Gasteiger partial charge is 0.225 e. The number of carbonyl (C=O) groups is 2. The summed E-state index contributed by atoms with van der Waals surface area (Å²) in [7, 11) is -2.99. The van der Waals surface area contributed by atoms with Crippen molar-refractivity contribution in [3.8, 4) is 0 Å². The Labute approximate surface area is 118 Å². The summed E-state index contributed by atoms with van der Waals surface area (Å²) in [5.41, 5.74) is 0. The minimum atomic E-state index is -2.99. The van der Waals surface area contributed by atoms with E-state index in [0.29, 0.717) is 19.0 Å². The Balaban J connectivity index is 1.54. The fourth-order valence-corrected chi connectivity index (χ4v) is 4.86. The molecule has 3 fully saturated rings. The quantitative estimate of drug-likeness (QED) is 0.775. The van der Waals surface area contributed by atoms with Gasteiger partial charge in [-0.2, -0.15) is 0 Å². The standard InChI is InChI=1S/C13H20N2O4S/c16-12-6-9(7-15(12)11-2-1-3-11)13(17)14-10-4-5-20(18,19)8-10/h9-11H,1-8H2,(H,14,17). The maximum atomic E-state index is 12.1. The van der Waals surface area contributed by atoms with Crippen molar-refractivity contribution in [1.82, 2.24) is 10.2 Å². The summed E-state index contributed by atoms with van der Waals surface area (Å²) in [6.07, 6.45) is 4.00. The fourth-order valence-electron chi connectivity index (χ4n) is 3.19. The molecular weight excluding hydrogens is 280 g/mol. The van der Waals surface area contributed by atoms with E-state index in [2.05, 4.69) is 5.32 Å². The van der Waals surface area contributed by atoms with Crippen molar-refractivity contribution in [2.45, 2.75) is 44.2 Å². The van der Waals surface area contributed by atoms with Gasteiger partial charge in [0, 0.05) is 25.0 Å². The van der Waals surface area contributed by atoms with Crippen LogP contribution in [-0.4, -0.2) is 55.3 Å². The summed E-state index contributed by atoms with van der Waals surface area (Å²) in [6.45, 7) is 0.495. The number of nitrogens with zero attached hydrogens (tertiary/aromatic N) is 1. The second-order valence-corrected chi connectivity index (χ2v) is 8.37. The Morgan fingerprint density at radius 2 is 2.00 bits per heavy atom. The Bertz CT molecular complexity index is 526. The summed E-state index contributed by atoms with van der Waals surface area (Å²) in [5, 5.41) is 2.80. The van der Waals surface area contributed by atoms with Crippen molar-refractivity contribution in [3.63, 3.8) is 0 Å². The van der Waals surface area contributed by atoms with Gasteiger partial charge >= 0.3 is 0 Å². The number of hydrogen-bond donors (Lipinski definition) is 1. The number of likely N-dealkylation sites (tertiary alicyclic amines) is 1. The molecule has 2 heterocycles. The first-order valence-corrected chi connectivity index (χ1v) is 9.07. The zero-order valence-electron chi connectivity index (χ0n) is 11.4. The Morgan fingerprint density at radius 1 is 1.25 bits per heavy atom. The summed E-state index contributed by atoms with van der Waals surface area (Å²) < 4.78 is 22.7. The second-order valence-electron chi connectivity index (χ2n) is 6.14. The van der Waals surface area contributed by atoms with E-state index in [0.717, 1.165) is 19.3 Å². The molecule has 0 aromatic rings. The normalized spacial score (nSPS) is 33.2. The van der Waals surface area contributed by atoms with Crippen LogP contribution in [0.25, 0.3) is 0 Å². The first-order chi connectivity index (χ1) is 9.44. The number of hydrogen-bond acceptors (Lipinski definition) is 4. The van der Waals surface area contributed by atoms with Gasteiger partial charge in [0.05, 0.1) is 17.4 Å². The molecule has 2 saturated heterocycles. The fraction of sp³-hybridized carbons (Fsp3) is 0.846. The third-order valence-corrected chi connectivity index (χ3v) is 6.39. The van der Waals surface area contributed by atoms with Gasteiger partial charge in [-0.3, -0.25) is 9.59 Å². The molecule has 1 aliphatic carbocycles. The molecule has 2 aliphatic heterocycles. The molecule has 0 aromatic carbocycles. The molecule has 0 aromatic heterocycles. The Morgan fingerprint density at radius 3 is 2.55 bits per heavy atom. The minimum absolute atomic E-state index is 0.0335. The van der Waals surface area contributed by atoms with Crippen molar-refractivity contribution >= 4 is 21.7 Å². The molecule has 20 heavy (non-hydrogen) atoms. The van der Waals surface area contributed by atoms with Crippen LogP contribution in [0.1, 0.15) is 32.1 Å². The molecule has 0 radical (unpaired) electrons. The zero-order valence-corrected chi connectivity index (χ0v) is 12.2. The van der Waals surface area contributed by atoms with E-state index in [4.69, 9.17) is 0 Å². The SMILES string of the molecule is O=C(NC1CCS(=O)(=O)C1)C1CC(=O)N(C2CCC2)C1. The predicted molar refractivity (Wildman–Crippen MR) is 72.7 cm³/mol. The van der Waals surface area contributed by atoms with Crippen LogP contribution < -0.4 is 5.32 Å². The van der Waals surface area contributed by atoms with Gasteiger partial charge in [0.2, 0.25) is 11.8 Å². The molecule has 1 N–H and O–H groups in total. The third-order valence-electron chi connectivity index (χ3n) is 4.62. The van der Waals surface area contributed by atoms with E-state index in [1.807, 2.05) is 4.90 Å². The van der Waals surface area contributed by atoms with E-state index >= 15 is 0 Å². The van der Waals surface area contributed by atoms with Gasteiger partial charge in [-0.25, -0.2) is 8.42 Å². The maximum Gasteiger partial charge on any atom is 0.225 e. The largest absolute Gasteiger partial charge is 0.352 e. The first kappa shape index (κ1) is 13.9. The number of rotatable bonds is 3. The van der Waals surface area contributed by atoms with E-state index < -0.39 is 9.84 Å². The molecule has 6 nitrogen and oxygen atoms in total. The number of carbonyl (C=O) groups excluding carboxylic acids is 2. The molecule has 1 saturated carbocycles. The van der Waals surface area contributed by atoms with Crippen molar-refractivity contribution < 1.29 is 18.0 Å².